The lowest BCUT2D eigenvalue weighted by Gasteiger charge is -2.34. The number of likely N-dealkylation sites (N-methyl/N-ethyl adjacent to an activating group) is 1. The second-order valence-corrected chi connectivity index (χ2v) is 16.6. The number of aliphatic carboxylic acids is 1. The van der Waals surface area contributed by atoms with Crippen LogP contribution in [-0.4, -0.2) is 75.5 Å². The highest BCUT2D eigenvalue weighted by Crippen LogP contribution is 2.15. The number of allylic oxidation sites excluding steroid dienone is 4. The summed E-state index contributed by atoms with van der Waals surface area (Å²) in [5.74, 6) is -1.73. The van der Waals surface area contributed by atoms with E-state index < -0.39 is 18.1 Å². The summed E-state index contributed by atoms with van der Waals surface area (Å²) < 4.78 is 17.2. The van der Waals surface area contributed by atoms with Gasteiger partial charge in [-0.2, -0.15) is 0 Å². The Bertz CT molecular complexity index is 957. The van der Waals surface area contributed by atoms with Crippen LogP contribution >= 0.6 is 0 Å². The van der Waals surface area contributed by atoms with Crippen molar-refractivity contribution in [3.05, 3.63) is 24.3 Å². The van der Waals surface area contributed by atoms with Gasteiger partial charge in [-0.25, -0.2) is 0 Å². The normalized spacial score (nSPS) is 13.1. The molecule has 0 radical (unpaired) electrons. The molecule has 0 heterocycles. The van der Waals surface area contributed by atoms with Crippen molar-refractivity contribution in [1.29, 1.82) is 0 Å². The Labute approximate surface area is 339 Å². The molecule has 0 aliphatic heterocycles. The lowest BCUT2D eigenvalue weighted by molar-refractivity contribution is -0.889. The maximum atomic E-state index is 12.7. The number of hydrogen-bond acceptors (Lipinski definition) is 7. The Hall–Kier alpha value is -2.19. The van der Waals surface area contributed by atoms with Crippen molar-refractivity contribution >= 4 is 17.9 Å². The van der Waals surface area contributed by atoms with Crippen LogP contribution in [0.1, 0.15) is 206 Å². The van der Waals surface area contributed by atoms with E-state index in [0.717, 1.165) is 51.4 Å². The molecule has 0 aromatic rings. The minimum atomic E-state index is -1.12. The van der Waals surface area contributed by atoms with Gasteiger partial charge in [-0.1, -0.05) is 167 Å². The molecular weight excluding hydrogens is 691 g/mol. The molecule has 0 aliphatic carbocycles. The molecule has 322 valence electrons. The Morgan fingerprint density at radius 3 is 1.42 bits per heavy atom. The van der Waals surface area contributed by atoms with Crippen LogP contribution in [0.5, 0.6) is 0 Å². The van der Waals surface area contributed by atoms with Gasteiger partial charge in [0.1, 0.15) is 12.6 Å². The fourth-order valence-corrected chi connectivity index (χ4v) is 6.75. The number of esters is 2. The van der Waals surface area contributed by atoms with E-state index in [1.807, 2.05) is 0 Å². The zero-order valence-corrected chi connectivity index (χ0v) is 36.6. The average Bonchev–Trinajstić information content (AvgIpc) is 3.14. The maximum absolute atomic E-state index is 12.7. The van der Waals surface area contributed by atoms with Crippen molar-refractivity contribution < 1.29 is 38.2 Å². The third kappa shape index (κ3) is 37.2. The van der Waals surface area contributed by atoms with Gasteiger partial charge in [0, 0.05) is 19.3 Å². The molecule has 8 heteroatoms. The summed E-state index contributed by atoms with van der Waals surface area (Å²) in [7, 11) is 5.41. The first-order valence-electron chi connectivity index (χ1n) is 22.9. The highest BCUT2D eigenvalue weighted by molar-refractivity contribution is 5.70. The molecule has 8 nitrogen and oxygen atoms in total. The van der Waals surface area contributed by atoms with Gasteiger partial charge in [0.15, 0.2) is 6.10 Å². The van der Waals surface area contributed by atoms with E-state index in [-0.39, 0.29) is 42.7 Å². The Balaban J connectivity index is 4.32. The molecule has 0 aliphatic rings. The van der Waals surface area contributed by atoms with Gasteiger partial charge in [0.25, 0.3) is 0 Å². The van der Waals surface area contributed by atoms with E-state index in [9.17, 15) is 19.5 Å². The Morgan fingerprint density at radius 1 is 0.545 bits per heavy atom. The van der Waals surface area contributed by atoms with Crippen molar-refractivity contribution in [2.24, 2.45) is 0 Å². The second-order valence-electron chi connectivity index (χ2n) is 16.6. The zero-order valence-electron chi connectivity index (χ0n) is 36.6. The quantitative estimate of drug-likeness (QED) is 0.0264. The van der Waals surface area contributed by atoms with Gasteiger partial charge in [-0.3, -0.25) is 9.59 Å². The number of nitrogens with zero attached hydrogens (tertiary/aromatic N) is 1. The minimum absolute atomic E-state index is 0.0414. The van der Waals surface area contributed by atoms with Crippen molar-refractivity contribution in [3.63, 3.8) is 0 Å². The monoisotopic (exact) mass is 778 g/mol. The van der Waals surface area contributed by atoms with Crippen molar-refractivity contribution in [2.45, 2.75) is 219 Å². The number of hydrogen-bond donors (Lipinski definition) is 0. The van der Waals surface area contributed by atoms with Crippen molar-refractivity contribution in [3.8, 4) is 0 Å². The van der Waals surface area contributed by atoms with Gasteiger partial charge in [-0.15, -0.1) is 0 Å². The van der Waals surface area contributed by atoms with Crippen LogP contribution in [0.4, 0.5) is 0 Å². The Morgan fingerprint density at radius 2 is 0.964 bits per heavy atom. The molecular formula is C47H87NO7. The fourth-order valence-electron chi connectivity index (χ4n) is 6.75. The number of unbranched alkanes of at least 4 members (excludes halogenated alkanes) is 23. The molecule has 0 rings (SSSR count). The average molecular weight is 778 g/mol. The standard InChI is InChI=1S/C47H87NO7/c1-6-8-10-12-14-16-18-20-21-22-23-24-26-28-30-32-34-36-38-46(50)55-43(41-53-40-39-44(47(51)52)48(3,4)5)42-54-45(49)37-35-33-31-29-27-25-19-17-15-13-11-9-7-2/h16,18,21-22,43-44H,6-15,17,19-20,23-42H2,1-5H3/b18-16-,22-21-. The summed E-state index contributed by atoms with van der Waals surface area (Å²) >= 11 is 0. The molecule has 0 fully saturated rings. The van der Waals surface area contributed by atoms with Crippen molar-refractivity contribution in [1.82, 2.24) is 0 Å². The number of rotatable bonds is 41. The SMILES string of the molecule is CCCCCC/C=C\C/C=C\CCCCCCCCCC(=O)OC(COCCC(C(=O)[O-])[N+](C)(C)C)COC(=O)CCCCCCCCCCCCCCC. The lowest BCUT2D eigenvalue weighted by Crippen LogP contribution is -2.55. The molecule has 0 bridgehead atoms. The molecule has 0 aromatic carbocycles. The summed E-state index contributed by atoms with van der Waals surface area (Å²) in [4.78, 5) is 36.9. The van der Waals surface area contributed by atoms with E-state index in [0.29, 0.717) is 12.8 Å². The van der Waals surface area contributed by atoms with Crippen LogP contribution in [0.15, 0.2) is 24.3 Å². The summed E-state index contributed by atoms with van der Waals surface area (Å²) in [5.41, 5.74) is 0. The maximum Gasteiger partial charge on any atom is 0.306 e. The number of quaternary nitrogens is 1. The first-order valence-corrected chi connectivity index (χ1v) is 22.9. The van der Waals surface area contributed by atoms with E-state index in [2.05, 4.69) is 38.2 Å². The molecule has 2 atom stereocenters. The van der Waals surface area contributed by atoms with Gasteiger partial charge in [0.2, 0.25) is 0 Å². The predicted molar refractivity (Wildman–Crippen MR) is 227 cm³/mol. The number of ether oxygens (including phenoxy) is 3. The molecule has 0 aromatic heterocycles. The zero-order chi connectivity index (χ0) is 40.7. The van der Waals surface area contributed by atoms with Crippen molar-refractivity contribution in [2.75, 3.05) is 41.0 Å². The van der Waals surface area contributed by atoms with Crippen LogP contribution in [0.25, 0.3) is 0 Å². The van der Waals surface area contributed by atoms with Crippen LogP contribution in [0.2, 0.25) is 0 Å². The minimum Gasteiger partial charge on any atom is -0.544 e. The third-order valence-electron chi connectivity index (χ3n) is 10.3. The highest BCUT2D eigenvalue weighted by Gasteiger charge is 2.25. The molecule has 0 spiro atoms. The van der Waals surface area contributed by atoms with Crippen LogP contribution in [0.3, 0.4) is 0 Å². The lowest BCUT2D eigenvalue weighted by atomic mass is 10.0. The van der Waals surface area contributed by atoms with E-state index in [1.165, 1.54) is 122 Å². The predicted octanol–water partition coefficient (Wildman–Crippen LogP) is 11.1. The summed E-state index contributed by atoms with van der Waals surface area (Å²) in [5, 5.41) is 11.6. The third-order valence-corrected chi connectivity index (χ3v) is 10.3. The van der Waals surface area contributed by atoms with Crippen LogP contribution in [0, 0.1) is 0 Å². The van der Waals surface area contributed by atoms with E-state index in [1.54, 1.807) is 21.1 Å². The largest absolute Gasteiger partial charge is 0.544 e. The topological polar surface area (TPSA) is 102 Å². The molecule has 0 amide bonds. The summed E-state index contributed by atoms with van der Waals surface area (Å²) in [6.07, 6.45) is 41.9. The fraction of sp³-hybridized carbons (Fsp3) is 0.851. The van der Waals surface area contributed by atoms with Crippen LogP contribution in [-0.2, 0) is 28.6 Å². The molecule has 2 unspecified atom stereocenters. The van der Waals surface area contributed by atoms with Gasteiger partial charge < -0.3 is 28.6 Å². The smallest absolute Gasteiger partial charge is 0.306 e. The molecule has 55 heavy (non-hydrogen) atoms. The first-order chi connectivity index (χ1) is 26.6. The molecule has 0 saturated heterocycles. The number of carbonyl (C=O) groups excluding carboxylic acids is 3. The second kappa shape index (κ2) is 38.7. The summed E-state index contributed by atoms with van der Waals surface area (Å²) in [6, 6.07) is -0.724. The number of carboxylic acid groups (broad SMARTS) is 1. The highest BCUT2D eigenvalue weighted by atomic mass is 16.6. The van der Waals surface area contributed by atoms with E-state index in [4.69, 9.17) is 14.2 Å². The van der Waals surface area contributed by atoms with Gasteiger partial charge in [-0.05, 0) is 44.9 Å². The number of carboxylic acids is 1. The Kier molecular flexibility index (Phi) is 37.1. The van der Waals surface area contributed by atoms with Gasteiger partial charge >= 0.3 is 11.9 Å². The van der Waals surface area contributed by atoms with Gasteiger partial charge in [0.05, 0.1) is 40.3 Å². The first kappa shape index (κ1) is 52.8. The summed E-state index contributed by atoms with van der Waals surface area (Å²) in [6.45, 7) is 4.65. The number of carbonyl (C=O) groups is 3. The molecule has 0 saturated carbocycles. The van der Waals surface area contributed by atoms with E-state index >= 15 is 0 Å². The van der Waals surface area contributed by atoms with Crippen LogP contribution < -0.4 is 5.11 Å². The molecule has 0 N–H and O–H groups in total.